The Bertz CT molecular complexity index is 1340. The molecule has 0 atom stereocenters. The number of fused-ring (bicyclic) bond motifs is 1. The van der Waals surface area contributed by atoms with Crippen molar-refractivity contribution in [2.75, 3.05) is 30.3 Å². The van der Waals surface area contributed by atoms with E-state index in [1.807, 2.05) is 6.92 Å². The maximum absolute atomic E-state index is 13.5. The summed E-state index contributed by atoms with van der Waals surface area (Å²) in [7, 11) is 0. The SMILES string of the molecule is CCCOC(=O)c1nccc2oc(C(=O)Nc3ccc(Cl)cn3)c(NC(=O)[C@H]3CC[C@H](N4CCCC4)CC3)c12. The van der Waals surface area contributed by atoms with Crippen molar-refractivity contribution in [2.45, 2.75) is 57.9 Å². The van der Waals surface area contributed by atoms with Gasteiger partial charge in [-0.1, -0.05) is 18.5 Å². The van der Waals surface area contributed by atoms with Gasteiger partial charge in [-0.15, -0.1) is 0 Å². The zero-order valence-corrected chi connectivity index (χ0v) is 22.6. The van der Waals surface area contributed by atoms with Crippen molar-refractivity contribution < 1.29 is 23.5 Å². The lowest BCUT2D eigenvalue weighted by molar-refractivity contribution is -0.121. The first-order chi connectivity index (χ1) is 18.9. The van der Waals surface area contributed by atoms with Crippen LogP contribution in [0.25, 0.3) is 11.0 Å². The third-order valence-corrected chi connectivity index (χ3v) is 7.60. The molecule has 1 aliphatic carbocycles. The van der Waals surface area contributed by atoms with Crippen LogP contribution in [0.2, 0.25) is 5.02 Å². The molecular weight excluding hydrogens is 522 g/mol. The summed E-state index contributed by atoms with van der Waals surface area (Å²) in [4.78, 5) is 50.5. The number of rotatable bonds is 8. The van der Waals surface area contributed by atoms with E-state index in [0.717, 1.165) is 38.8 Å². The zero-order valence-electron chi connectivity index (χ0n) is 21.9. The normalized spacial score (nSPS) is 19.6. The summed E-state index contributed by atoms with van der Waals surface area (Å²) < 4.78 is 11.2. The first kappa shape index (κ1) is 27.1. The number of pyridine rings is 2. The number of nitrogens with zero attached hydrogens (tertiary/aromatic N) is 3. The summed E-state index contributed by atoms with van der Waals surface area (Å²) >= 11 is 5.91. The van der Waals surface area contributed by atoms with Gasteiger partial charge in [-0.2, -0.15) is 0 Å². The highest BCUT2D eigenvalue weighted by Crippen LogP contribution is 2.36. The Labute approximate surface area is 231 Å². The molecule has 0 unspecified atom stereocenters. The monoisotopic (exact) mass is 553 g/mol. The summed E-state index contributed by atoms with van der Waals surface area (Å²) in [6.07, 6.45) is 9.34. The van der Waals surface area contributed by atoms with Gasteiger partial charge in [0.2, 0.25) is 11.7 Å². The van der Waals surface area contributed by atoms with Crippen molar-refractivity contribution in [1.82, 2.24) is 14.9 Å². The van der Waals surface area contributed by atoms with Crippen LogP contribution in [-0.4, -0.2) is 58.4 Å². The molecule has 4 heterocycles. The number of amides is 2. The van der Waals surface area contributed by atoms with Crippen LogP contribution >= 0.6 is 11.6 Å². The lowest BCUT2D eigenvalue weighted by atomic mass is 9.84. The Kier molecular flexibility index (Phi) is 8.42. The fourth-order valence-electron chi connectivity index (χ4n) is 5.40. The quantitative estimate of drug-likeness (QED) is 0.360. The minimum atomic E-state index is -0.656. The van der Waals surface area contributed by atoms with Crippen LogP contribution in [0.1, 0.15) is 72.9 Å². The Hall–Kier alpha value is -3.50. The van der Waals surface area contributed by atoms with Crippen LogP contribution in [0.4, 0.5) is 11.5 Å². The molecule has 1 saturated carbocycles. The molecule has 0 spiro atoms. The lowest BCUT2D eigenvalue weighted by Gasteiger charge is -2.33. The number of halogens is 1. The predicted molar refractivity (Wildman–Crippen MR) is 147 cm³/mol. The number of hydrogen-bond donors (Lipinski definition) is 2. The molecule has 2 fully saturated rings. The number of carbonyl (C=O) groups excluding carboxylic acids is 3. The highest BCUT2D eigenvalue weighted by atomic mass is 35.5. The second-order valence-electron chi connectivity index (χ2n) is 10.0. The van der Waals surface area contributed by atoms with Crippen LogP contribution in [-0.2, 0) is 9.53 Å². The van der Waals surface area contributed by atoms with E-state index in [-0.39, 0.29) is 52.4 Å². The number of esters is 1. The van der Waals surface area contributed by atoms with Crippen LogP contribution in [0.15, 0.2) is 35.0 Å². The van der Waals surface area contributed by atoms with E-state index in [1.165, 1.54) is 25.2 Å². The van der Waals surface area contributed by atoms with Crippen LogP contribution in [0.5, 0.6) is 0 Å². The summed E-state index contributed by atoms with van der Waals surface area (Å²) in [6, 6.07) is 5.20. The fourth-order valence-corrected chi connectivity index (χ4v) is 5.51. The standard InChI is InChI=1S/C28H32ClN5O5/c1-2-15-38-28(37)24-22-20(11-12-30-24)39-25(27(36)32-21-10-7-18(29)16-31-21)23(22)33-26(35)17-5-8-19(9-6-17)34-13-3-4-14-34/h7,10-12,16-17,19H,2-6,8-9,13-15H2,1H3,(H,33,35)(H,31,32,36)/t17-,19-. The molecule has 2 amide bonds. The molecular formula is C28H32ClN5O5. The van der Waals surface area contributed by atoms with Crippen molar-refractivity contribution in [3.05, 3.63) is 47.1 Å². The molecule has 10 nitrogen and oxygen atoms in total. The molecule has 2 aliphatic rings. The van der Waals surface area contributed by atoms with Gasteiger partial charge in [0.1, 0.15) is 17.1 Å². The predicted octanol–water partition coefficient (Wildman–Crippen LogP) is 5.29. The number of carbonyl (C=O) groups is 3. The van der Waals surface area contributed by atoms with Gasteiger partial charge < -0.3 is 24.7 Å². The van der Waals surface area contributed by atoms with E-state index in [2.05, 4.69) is 25.5 Å². The molecule has 1 aliphatic heterocycles. The summed E-state index contributed by atoms with van der Waals surface area (Å²) in [5.41, 5.74) is 0.303. The first-order valence-electron chi connectivity index (χ1n) is 13.5. The number of furan rings is 1. The number of likely N-dealkylation sites (tertiary alicyclic amines) is 1. The third-order valence-electron chi connectivity index (χ3n) is 7.38. The largest absolute Gasteiger partial charge is 0.461 e. The maximum Gasteiger partial charge on any atom is 0.357 e. The first-order valence-corrected chi connectivity index (χ1v) is 13.9. The van der Waals surface area contributed by atoms with Crippen LogP contribution in [0, 0.1) is 5.92 Å². The van der Waals surface area contributed by atoms with Gasteiger partial charge in [-0.05, 0) is 76.2 Å². The summed E-state index contributed by atoms with van der Waals surface area (Å²) in [5, 5.41) is 6.23. The number of aromatic nitrogens is 2. The van der Waals surface area contributed by atoms with Crippen molar-refractivity contribution in [3.8, 4) is 0 Å². The lowest BCUT2D eigenvalue weighted by Crippen LogP contribution is -2.38. The van der Waals surface area contributed by atoms with Crippen LogP contribution in [0.3, 0.4) is 0 Å². The molecule has 0 aromatic carbocycles. The van der Waals surface area contributed by atoms with Crippen molar-refractivity contribution in [2.24, 2.45) is 5.92 Å². The molecule has 0 radical (unpaired) electrons. The molecule has 3 aromatic rings. The topological polar surface area (TPSA) is 127 Å². The van der Waals surface area contributed by atoms with Crippen molar-refractivity contribution in [1.29, 1.82) is 0 Å². The molecule has 5 rings (SSSR count). The van der Waals surface area contributed by atoms with Gasteiger partial charge in [-0.3, -0.25) is 9.59 Å². The van der Waals surface area contributed by atoms with Gasteiger partial charge >= 0.3 is 5.97 Å². The van der Waals surface area contributed by atoms with Crippen LogP contribution < -0.4 is 10.6 Å². The van der Waals surface area contributed by atoms with E-state index >= 15 is 0 Å². The second kappa shape index (κ2) is 12.1. The molecule has 1 saturated heterocycles. The molecule has 39 heavy (non-hydrogen) atoms. The average Bonchev–Trinajstić information content (AvgIpc) is 3.62. The van der Waals surface area contributed by atoms with Gasteiger partial charge in [-0.25, -0.2) is 14.8 Å². The Morgan fingerprint density at radius 3 is 2.54 bits per heavy atom. The highest BCUT2D eigenvalue weighted by Gasteiger charge is 2.33. The third kappa shape index (κ3) is 6.07. The Morgan fingerprint density at radius 1 is 1.08 bits per heavy atom. The van der Waals surface area contributed by atoms with Crippen molar-refractivity contribution >= 4 is 51.9 Å². The molecule has 2 N–H and O–H groups in total. The van der Waals surface area contributed by atoms with E-state index in [1.54, 1.807) is 18.2 Å². The Morgan fingerprint density at radius 2 is 1.85 bits per heavy atom. The summed E-state index contributed by atoms with van der Waals surface area (Å²) in [6.45, 7) is 4.36. The molecule has 206 valence electrons. The fraction of sp³-hybridized carbons (Fsp3) is 0.464. The van der Waals surface area contributed by atoms with Gasteiger partial charge in [0.25, 0.3) is 5.91 Å². The Balaban J connectivity index is 1.43. The second-order valence-corrected chi connectivity index (χ2v) is 10.5. The average molecular weight is 554 g/mol. The number of hydrogen-bond acceptors (Lipinski definition) is 8. The van der Waals surface area contributed by atoms with E-state index in [4.69, 9.17) is 20.8 Å². The highest BCUT2D eigenvalue weighted by molar-refractivity contribution is 6.30. The van der Waals surface area contributed by atoms with E-state index < -0.39 is 11.9 Å². The maximum atomic E-state index is 13.5. The smallest absolute Gasteiger partial charge is 0.357 e. The van der Waals surface area contributed by atoms with Gasteiger partial charge in [0.05, 0.1) is 17.0 Å². The minimum Gasteiger partial charge on any atom is -0.461 e. The van der Waals surface area contributed by atoms with E-state index in [0.29, 0.717) is 17.5 Å². The molecule has 11 heteroatoms. The number of nitrogens with one attached hydrogen (secondary N) is 2. The van der Waals surface area contributed by atoms with Gasteiger partial charge in [0, 0.05) is 24.4 Å². The van der Waals surface area contributed by atoms with Gasteiger partial charge in [0.15, 0.2) is 5.69 Å². The zero-order chi connectivity index (χ0) is 27.4. The van der Waals surface area contributed by atoms with E-state index in [9.17, 15) is 14.4 Å². The molecule has 3 aromatic heterocycles. The minimum absolute atomic E-state index is 0.0265. The molecule has 0 bridgehead atoms. The van der Waals surface area contributed by atoms with Crippen molar-refractivity contribution in [3.63, 3.8) is 0 Å². The number of anilines is 2. The number of ether oxygens (including phenoxy) is 1. The summed E-state index contributed by atoms with van der Waals surface area (Å²) in [5.74, 6) is -1.62.